The number of anilines is 1. The topological polar surface area (TPSA) is 87.5 Å². The van der Waals surface area contributed by atoms with E-state index in [2.05, 4.69) is 27.1 Å². The molecule has 0 radical (unpaired) electrons. The van der Waals surface area contributed by atoms with E-state index in [9.17, 15) is 4.79 Å². The molecule has 4 heterocycles. The molecule has 4 rings (SSSR count). The van der Waals surface area contributed by atoms with E-state index in [1.807, 2.05) is 23.2 Å². The van der Waals surface area contributed by atoms with Crippen LogP contribution in [-0.4, -0.2) is 58.4 Å². The number of nitriles is 1. The van der Waals surface area contributed by atoms with Gasteiger partial charge in [-0.1, -0.05) is 6.92 Å². The average molecular weight is 312 g/mol. The van der Waals surface area contributed by atoms with Gasteiger partial charge in [-0.05, 0) is 18.4 Å². The molecule has 1 aromatic rings. The predicted octanol–water partition coefficient (Wildman–Crippen LogP) is 0.981. The fourth-order valence-corrected chi connectivity index (χ4v) is 4.16. The number of aromatic nitrogens is 1. The summed E-state index contributed by atoms with van der Waals surface area (Å²) in [6, 6.07) is 4.02. The molecule has 1 spiro atoms. The molecular formula is C16H20N6O. The van der Waals surface area contributed by atoms with Crippen LogP contribution >= 0.6 is 0 Å². The molecule has 7 nitrogen and oxygen atoms in total. The standard InChI is InChI=1S/C16H20N6O/c1-11-8-22(13(23)2-5-17)16(11)4-7-21(9-16)15-12-3-6-18-14(12)19-10-20-15/h3,6,11,18-19H,2,4,7-10H2,1H3/t11-,16-/m0/s1. The molecule has 0 bridgehead atoms. The third-order valence-electron chi connectivity index (χ3n) is 5.49. The van der Waals surface area contributed by atoms with Crippen molar-refractivity contribution in [2.24, 2.45) is 10.9 Å². The number of carbonyl (C=O) groups is 1. The molecule has 2 N–H and O–H groups in total. The van der Waals surface area contributed by atoms with Gasteiger partial charge in [0, 0.05) is 25.8 Å². The van der Waals surface area contributed by atoms with Crippen LogP contribution in [0.1, 0.15) is 25.3 Å². The molecule has 0 aliphatic carbocycles. The lowest BCUT2D eigenvalue weighted by Crippen LogP contribution is -2.69. The molecule has 0 aromatic carbocycles. The van der Waals surface area contributed by atoms with Crippen LogP contribution in [0.2, 0.25) is 0 Å². The SMILES string of the molecule is C[C@H]1CN(C(=O)CC#N)[C@]12CCN(C1=NCNc3[nH]ccc31)C2. The maximum atomic E-state index is 12.2. The number of nitrogens with one attached hydrogen (secondary N) is 2. The van der Waals surface area contributed by atoms with Crippen molar-refractivity contribution < 1.29 is 4.79 Å². The number of nitrogens with zero attached hydrogens (tertiary/aromatic N) is 4. The van der Waals surface area contributed by atoms with Crippen LogP contribution in [0.25, 0.3) is 0 Å². The second kappa shape index (κ2) is 5.01. The van der Waals surface area contributed by atoms with E-state index in [1.54, 1.807) is 0 Å². The second-order valence-corrected chi connectivity index (χ2v) is 6.60. The van der Waals surface area contributed by atoms with E-state index in [4.69, 9.17) is 5.26 Å². The van der Waals surface area contributed by atoms with Gasteiger partial charge in [-0.25, -0.2) is 4.99 Å². The maximum absolute atomic E-state index is 12.2. The molecule has 1 amide bonds. The number of hydrogen-bond acceptors (Lipinski definition) is 5. The summed E-state index contributed by atoms with van der Waals surface area (Å²) < 4.78 is 0. The van der Waals surface area contributed by atoms with Gasteiger partial charge in [0.1, 0.15) is 24.7 Å². The van der Waals surface area contributed by atoms with E-state index in [0.29, 0.717) is 12.6 Å². The smallest absolute Gasteiger partial charge is 0.237 e. The Bertz CT molecular complexity index is 716. The zero-order chi connectivity index (χ0) is 16.0. The predicted molar refractivity (Wildman–Crippen MR) is 85.8 cm³/mol. The quantitative estimate of drug-likeness (QED) is 0.809. The van der Waals surface area contributed by atoms with Gasteiger partial charge in [0.25, 0.3) is 0 Å². The third-order valence-corrected chi connectivity index (χ3v) is 5.49. The Labute approximate surface area is 135 Å². The summed E-state index contributed by atoms with van der Waals surface area (Å²) in [4.78, 5) is 24.2. The average Bonchev–Trinajstić information content (AvgIpc) is 3.20. The molecule has 0 saturated carbocycles. The monoisotopic (exact) mass is 312 g/mol. The third kappa shape index (κ3) is 1.94. The van der Waals surface area contributed by atoms with Crippen LogP contribution in [0.3, 0.4) is 0 Å². The highest BCUT2D eigenvalue weighted by Crippen LogP contribution is 2.44. The summed E-state index contributed by atoms with van der Waals surface area (Å²) in [5.74, 6) is 2.43. The highest BCUT2D eigenvalue weighted by Gasteiger charge is 2.56. The minimum absolute atomic E-state index is 0.0265. The molecule has 3 aliphatic rings. The number of aliphatic imine (C=N–C) groups is 1. The van der Waals surface area contributed by atoms with E-state index in [1.165, 1.54) is 0 Å². The molecule has 2 fully saturated rings. The fourth-order valence-electron chi connectivity index (χ4n) is 4.16. The van der Waals surface area contributed by atoms with Crippen molar-refractivity contribution >= 4 is 17.6 Å². The molecule has 1 aromatic heterocycles. The number of rotatable bonds is 1. The lowest BCUT2D eigenvalue weighted by atomic mass is 9.74. The minimum atomic E-state index is -0.127. The van der Waals surface area contributed by atoms with Crippen LogP contribution in [0, 0.1) is 17.2 Å². The molecule has 120 valence electrons. The number of amides is 1. The number of aromatic amines is 1. The van der Waals surface area contributed by atoms with E-state index in [0.717, 1.165) is 43.3 Å². The first-order chi connectivity index (χ1) is 11.2. The Hall–Kier alpha value is -2.49. The van der Waals surface area contributed by atoms with E-state index < -0.39 is 0 Å². The molecule has 7 heteroatoms. The Morgan fingerprint density at radius 3 is 3.26 bits per heavy atom. The van der Waals surface area contributed by atoms with Crippen LogP contribution in [0.4, 0.5) is 5.82 Å². The Morgan fingerprint density at radius 2 is 2.48 bits per heavy atom. The summed E-state index contributed by atoms with van der Waals surface area (Å²) >= 11 is 0. The summed E-state index contributed by atoms with van der Waals surface area (Å²) in [7, 11) is 0. The largest absolute Gasteiger partial charge is 0.354 e. The van der Waals surface area contributed by atoms with Gasteiger partial charge in [-0.3, -0.25) is 4.79 Å². The number of fused-ring (bicyclic) bond motifs is 1. The molecule has 3 aliphatic heterocycles. The highest BCUT2D eigenvalue weighted by molar-refractivity contribution is 6.04. The second-order valence-electron chi connectivity index (χ2n) is 6.60. The summed E-state index contributed by atoms with van der Waals surface area (Å²) in [6.45, 7) is 5.22. The van der Waals surface area contributed by atoms with Crippen molar-refractivity contribution in [3.63, 3.8) is 0 Å². The van der Waals surface area contributed by atoms with Gasteiger partial charge >= 0.3 is 0 Å². The summed E-state index contributed by atoms with van der Waals surface area (Å²) in [5, 5.41) is 12.0. The van der Waals surface area contributed by atoms with Crippen molar-refractivity contribution in [3.8, 4) is 6.07 Å². The number of likely N-dealkylation sites (tertiary alicyclic amines) is 2. The molecule has 0 unspecified atom stereocenters. The van der Waals surface area contributed by atoms with Crippen molar-refractivity contribution in [2.45, 2.75) is 25.3 Å². The number of carbonyl (C=O) groups excluding carboxylic acids is 1. The van der Waals surface area contributed by atoms with Gasteiger partial charge < -0.3 is 20.1 Å². The Morgan fingerprint density at radius 1 is 1.61 bits per heavy atom. The molecular weight excluding hydrogens is 292 g/mol. The lowest BCUT2D eigenvalue weighted by molar-refractivity contribution is -0.153. The molecule has 2 atom stereocenters. The van der Waals surface area contributed by atoms with E-state index in [-0.39, 0.29) is 17.9 Å². The number of amidine groups is 1. The van der Waals surface area contributed by atoms with Crippen LogP contribution < -0.4 is 5.32 Å². The molecule has 23 heavy (non-hydrogen) atoms. The number of H-pyrrole nitrogens is 1. The minimum Gasteiger partial charge on any atom is -0.354 e. The zero-order valence-electron chi connectivity index (χ0n) is 13.2. The summed E-state index contributed by atoms with van der Waals surface area (Å²) in [5.41, 5.74) is 0.966. The normalized spacial score (nSPS) is 28.7. The first-order valence-corrected chi connectivity index (χ1v) is 8.04. The van der Waals surface area contributed by atoms with Gasteiger partial charge in [-0.2, -0.15) is 5.26 Å². The highest BCUT2D eigenvalue weighted by atomic mass is 16.2. The van der Waals surface area contributed by atoms with Crippen molar-refractivity contribution in [1.29, 1.82) is 5.26 Å². The lowest BCUT2D eigenvalue weighted by Gasteiger charge is -2.56. The van der Waals surface area contributed by atoms with Crippen molar-refractivity contribution in [1.82, 2.24) is 14.8 Å². The first-order valence-electron chi connectivity index (χ1n) is 8.04. The van der Waals surface area contributed by atoms with Crippen LogP contribution in [0.5, 0.6) is 0 Å². The Kier molecular flexibility index (Phi) is 3.08. The van der Waals surface area contributed by atoms with Crippen molar-refractivity contribution in [3.05, 3.63) is 17.8 Å². The zero-order valence-corrected chi connectivity index (χ0v) is 13.2. The fraction of sp³-hybridized carbons (Fsp3) is 0.562. The first kappa shape index (κ1) is 14.1. The van der Waals surface area contributed by atoms with Gasteiger partial charge in [-0.15, -0.1) is 0 Å². The summed E-state index contributed by atoms with van der Waals surface area (Å²) in [6.07, 6.45) is 2.83. The van der Waals surface area contributed by atoms with Gasteiger partial charge in [0.15, 0.2) is 0 Å². The molecule has 2 saturated heterocycles. The van der Waals surface area contributed by atoms with Crippen LogP contribution in [-0.2, 0) is 4.79 Å². The number of hydrogen-bond donors (Lipinski definition) is 2. The van der Waals surface area contributed by atoms with Crippen LogP contribution in [0.15, 0.2) is 17.3 Å². The maximum Gasteiger partial charge on any atom is 0.237 e. The van der Waals surface area contributed by atoms with Gasteiger partial charge in [0.05, 0.1) is 17.2 Å². The van der Waals surface area contributed by atoms with E-state index >= 15 is 0 Å². The van der Waals surface area contributed by atoms with Gasteiger partial charge in [0.2, 0.25) is 5.91 Å². The Balaban J connectivity index is 1.56. The van der Waals surface area contributed by atoms with Crippen molar-refractivity contribution in [2.75, 3.05) is 31.6 Å².